The maximum atomic E-state index is 11.5. The normalized spacial score (nSPS) is 11.5. The van der Waals surface area contributed by atoms with Gasteiger partial charge in [0.15, 0.2) is 0 Å². The quantitative estimate of drug-likeness (QED) is 0.596. The molecule has 3 nitrogen and oxygen atoms in total. The van der Waals surface area contributed by atoms with Crippen LogP contribution >= 0.6 is 0 Å². The summed E-state index contributed by atoms with van der Waals surface area (Å²) in [6.45, 7) is 6.59. The molecule has 0 fully saturated rings. The molecular formula is C13H28N2O. The Morgan fingerprint density at radius 3 is 2.25 bits per heavy atom. The summed E-state index contributed by atoms with van der Waals surface area (Å²) in [4.78, 5) is 11.5. The monoisotopic (exact) mass is 228 g/mol. The van der Waals surface area contributed by atoms with Crippen LogP contribution in [-0.4, -0.2) is 18.0 Å². The van der Waals surface area contributed by atoms with Gasteiger partial charge >= 0.3 is 0 Å². The molecule has 96 valence electrons. The highest BCUT2D eigenvalue weighted by Crippen LogP contribution is 2.07. The number of carbonyl (C=O) groups is 1. The van der Waals surface area contributed by atoms with Crippen LogP contribution < -0.4 is 11.1 Å². The number of hydrogen-bond donors (Lipinski definition) is 2. The molecule has 0 saturated carbocycles. The first-order chi connectivity index (χ1) is 7.52. The third-order valence-corrected chi connectivity index (χ3v) is 2.75. The lowest BCUT2D eigenvalue weighted by molar-refractivity contribution is -0.122. The maximum Gasteiger partial charge on any atom is 0.220 e. The van der Waals surface area contributed by atoms with Crippen molar-refractivity contribution in [1.82, 2.24) is 5.32 Å². The van der Waals surface area contributed by atoms with E-state index >= 15 is 0 Å². The highest BCUT2D eigenvalue weighted by Gasteiger charge is 2.17. The van der Waals surface area contributed by atoms with E-state index in [4.69, 9.17) is 5.73 Å². The van der Waals surface area contributed by atoms with Crippen LogP contribution in [-0.2, 0) is 4.79 Å². The molecule has 0 radical (unpaired) electrons. The predicted molar refractivity (Wildman–Crippen MR) is 69.3 cm³/mol. The molecule has 0 bridgehead atoms. The molecule has 0 spiro atoms. The third-order valence-electron chi connectivity index (χ3n) is 2.75. The van der Waals surface area contributed by atoms with Gasteiger partial charge in [-0.25, -0.2) is 0 Å². The molecule has 3 heteroatoms. The number of rotatable bonds is 9. The van der Waals surface area contributed by atoms with Crippen LogP contribution in [0.15, 0.2) is 0 Å². The summed E-state index contributed by atoms with van der Waals surface area (Å²) in [5.41, 5.74) is 5.28. The zero-order chi connectivity index (χ0) is 12.4. The molecule has 0 saturated heterocycles. The van der Waals surface area contributed by atoms with Gasteiger partial charge in [0.05, 0.1) is 0 Å². The zero-order valence-corrected chi connectivity index (χ0v) is 11.1. The van der Waals surface area contributed by atoms with E-state index in [1.54, 1.807) is 0 Å². The molecule has 16 heavy (non-hydrogen) atoms. The summed E-state index contributed by atoms with van der Waals surface area (Å²) in [5, 5.41) is 2.94. The zero-order valence-electron chi connectivity index (χ0n) is 11.1. The van der Waals surface area contributed by atoms with Crippen molar-refractivity contribution in [2.45, 2.75) is 71.3 Å². The van der Waals surface area contributed by atoms with Gasteiger partial charge in [0.1, 0.15) is 0 Å². The lowest BCUT2D eigenvalue weighted by Crippen LogP contribution is -2.48. The van der Waals surface area contributed by atoms with Crippen LogP contribution in [0, 0.1) is 0 Å². The Labute approximate surface area is 100 Å². The minimum Gasteiger partial charge on any atom is -0.350 e. The largest absolute Gasteiger partial charge is 0.350 e. The Bertz CT molecular complexity index is 190. The lowest BCUT2D eigenvalue weighted by atomic mass is 10.1. The number of nitrogens with one attached hydrogen (secondary N) is 1. The van der Waals surface area contributed by atoms with Crippen molar-refractivity contribution >= 4 is 5.91 Å². The molecule has 0 atom stereocenters. The molecule has 3 N–H and O–H groups in total. The molecule has 0 unspecified atom stereocenters. The first-order valence-electron chi connectivity index (χ1n) is 6.53. The summed E-state index contributed by atoms with van der Waals surface area (Å²) in [7, 11) is 0. The van der Waals surface area contributed by atoms with Crippen molar-refractivity contribution in [2.24, 2.45) is 5.73 Å². The second-order valence-corrected chi connectivity index (χ2v) is 5.15. The Morgan fingerprint density at radius 2 is 1.69 bits per heavy atom. The van der Waals surface area contributed by atoms with E-state index in [1.165, 1.54) is 25.7 Å². The lowest BCUT2D eigenvalue weighted by Gasteiger charge is -2.24. The number of amides is 1. The van der Waals surface area contributed by atoms with E-state index in [9.17, 15) is 4.79 Å². The number of unbranched alkanes of at least 4 members (excludes halogenated alkanes) is 5. The Kier molecular flexibility index (Phi) is 8.26. The SMILES string of the molecule is CCCCCCCCC(=O)NC(C)(C)CN. The van der Waals surface area contributed by atoms with E-state index in [0.717, 1.165) is 12.8 Å². The fraction of sp³-hybridized carbons (Fsp3) is 0.923. The topological polar surface area (TPSA) is 55.1 Å². The average Bonchev–Trinajstić information content (AvgIpc) is 2.22. The smallest absolute Gasteiger partial charge is 0.220 e. The minimum absolute atomic E-state index is 0.131. The van der Waals surface area contributed by atoms with Crippen molar-refractivity contribution in [2.75, 3.05) is 6.54 Å². The molecule has 0 aromatic heterocycles. The van der Waals surface area contributed by atoms with E-state index in [1.807, 2.05) is 13.8 Å². The van der Waals surface area contributed by atoms with Crippen molar-refractivity contribution < 1.29 is 4.79 Å². The van der Waals surface area contributed by atoms with Gasteiger partial charge in [0.25, 0.3) is 0 Å². The van der Waals surface area contributed by atoms with Gasteiger partial charge in [-0.05, 0) is 20.3 Å². The van der Waals surface area contributed by atoms with Gasteiger partial charge in [-0.1, -0.05) is 39.0 Å². The van der Waals surface area contributed by atoms with E-state index < -0.39 is 0 Å². The highest BCUT2D eigenvalue weighted by atomic mass is 16.1. The minimum atomic E-state index is -0.265. The van der Waals surface area contributed by atoms with Crippen LogP contribution in [0.25, 0.3) is 0 Å². The van der Waals surface area contributed by atoms with Gasteiger partial charge in [0.2, 0.25) is 5.91 Å². The van der Waals surface area contributed by atoms with Crippen molar-refractivity contribution in [3.05, 3.63) is 0 Å². The Hall–Kier alpha value is -0.570. The van der Waals surface area contributed by atoms with Gasteiger partial charge in [0, 0.05) is 18.5 Å². The molecule has 0 rings (SSSR count). The number of hydrogen-bond acceptors (Lipinski definition) is 2. The van der Waals surface area contributed by atoms with Crippen LogP contribution in [0.3, 0.4) is 0 Å². The van der Waals surface area contributed by atoms with Crippen molar-refractivity contribution in [3.63, 3.8) is 0 Å². The molecule has 0 aliphatic carbocycles. The maximum absolute atomic E-state index is 11.5. The predicted octanol–water partition coefficient (Wildman–Crippen LogP) is 2.59. The van der Waals surface area contributed by atoms with Gasteiger partial charge in [-0.15, -0.1) is 0 Å². The van der Waals surface area contributed by atoms with Crippen LogP contribution in [0.4, 0.5) is 0 Å². The van der Waals surface area contributed by atoms with Crippen molar-refractivity contribution in [1.29, 1.82) is 0 Å². The molecule has 0 aliphatic rings. The number of nitrogens with two attached hydrogens (primary N) is 1. The third kappa shape index (κ3) is 8.72. The summed E-state index contributed by atoms with van der Waals surface area (Å²) in [6, 6.07) is 0. The second kappa shape index (κ2) is 8.57. The molecule has 0 aromatic rings. The van der Waals surface area contributed by atoms with Gasteiger partial charge in [-0.2, -0.15) is 0 Å². The summed E-state index contributed by atoms with van der Waals surface area (Å²) in [5.74, 6) is 0.131. The fourth-order valence-corrected chi connectivity index (χ4v) is 1.56. The number of carbonyl (C=O) groups excluding carboxylic acids is 1. The highest BCUT2D eigenvalue weighted by molar-refractivity contribution is 5.76. The van der Waals surface area contributed by atoms with Gasteiger partial charge < -0.3 is 11.1 Å². The molecule has 0 aromatic carbocycles. The molecular weight excluding hydrogens is 200 g/mol. The standard InChI is InChI=1S/C13H28N2O/c1-4-5-6-7-8-9-10-12(16)15-13(2,3)11-14/h4-11,14H2,1-3H3,(H,15,16). The average molecular weight is 228 g/mol. The Balaban J connectivity index is 3.44. The molecule has 0 aliphatic heterocycles. The Morgan fingerprint density at radius 1 is 1.12 bits per heavy atom. The van der Waals surface area contributed by atoms with E-state index in [2.05, 4.69) is 12.2 Å². The summed E-state index contributed by atoms with van der Waals surface area (Å²) < 4.78 is 0. The van der Waals surface area contributed by atoms with Crippen LogP contribution in [0.2, 0.25) is 0 Å². The summed E-state index contributed by atoms with van der Waals surface area (Å²) >= 11 is 0. The molecule has 1 amide bonds. The van der Waals surface area contributed by atoms with Gasteiger partial charge in [-0.3, -0.25) is 4.79 Å². The van der Waals surface area contributed by atoms with E-state index in [0.29, 0.717) is 13.0 Å². The first kappa shape index (κ1) is 15.4. The second-order valence-electron chi connectivity index (χ2n) is 5.15. The van der Waals surface area contributed by atoms with Crippen LogP contribution in [0.1, 0.15) is 65.7 Å². The summed E-state index contributed by atoms with van der Waals surface area (Å²) in [6.07, 6.45) is 7.92. The molecule has 0 heterocycles. The van der Waals surface area contributed by atoms with Crippen molar-refractivity contribution in [3.8, 4) is 0 Å². The first-order valence-corrected chi connectivity index (χ1v) is 6.53. The van der Waals surface area contributed by atoms with Crippen LogP contribution in [0.5, 0.6) is 0 Å². The fourth-order valence-electron chi connectivity index (χ4n) is 1.56. The van der Waals surface area contributed by atoms with E-state index in [-0.39, 0.29) is 11.4 Å².